The molecule has 1 N–H and O–H groups in total. The minimum absolute atomic E-state index is 0.131. The molecule has 0 bridgehead atoms. The Kier molecular flexibility index (Phi) is 4.53. The van der Waals surface area contributed by atoms with E-state index in [1.165, 1.54) is 28.6 Å². The lowest BCUT2D eigenvalue weighted by molar-refractivity contribution is 0.223. The number of anilines is 1. The number of aliphatic hydroxyl groups excluding tert-OH is 1. The Bertz CT molecular complexity index is 1150. The zero-order valence-electron chi connectivity index (χ0n) is 15.1. The quantitative estimate of drug-likeness (QED) is 0.714. The van der Waals surface area contributed by atoms with Gasteiger partial charge in [0.2, 0.25) is 0 Å². The lowest BCUT2D eigenvalue weighted by Crippen LogP contribution is -2.28. The van der Waals surface area contributed by atoms with Crippen molar-refractivity contribution in [1.29, 1.82) is 0 Å². The van der Waals surface area contributed by atoms with E-state index in [-0.39, 0.29) is 16.4 Å². The number of rotatable bonds is 3. The average Bonchev–Trinajstić information content (AvgIpc) is 2.97. The summed E-state index contributed by atoms with van der Waals surface area (Å²) in [5.74, 6) is -0.387. The molecule has 0 radical (unpaired) electrons. The smallest absolute Gasteiger partial charge is 0.268 e. The second-order valence-electron chi connectivity index (χ2n) is 6.66. The summed E-state index contributed by atoms with van der Waals surface area (Å²) in [6, 6.07) is 19.1. The SMILES string of the molecule is Cc1ccc(S(=O)(=O)N2/C(=C/c3ccc(F)cc3)C(O)c3ccccc32)cc1. The molecule has 0 aromatic heterocycles. The molecule has 0 aliphatic carbocycles. The topological polar surface area (TPSA) is 57.6 Å². The minimum Gasteiger partial charge on any atom is -0.382 e. The predicted octanol–water partition coefficient (Wildman–Crippen LogP) is 4.42. The highest BCUT2D eigenvalue weighted by atomic mass is 32.2. The summed E-state index contributed by atoms with van der Waals surface area (Å²) in [6.45, 7) is 1.88. The molecule has 28 heavy (non-hydrogen) atoms. The number of para-hydroxylation sites is 1. The molecule has 3 aromatic carbocycles. The van der Waals surface area contributed by atoms with Gasteiger partial charge in [-0.15, -0.1) is 0 Å². The van der Waals surface area contributed by atoms with Crippen LogP contribution in [0.2, 0.25) is 0 Å². The van der Waals surface area contributed by atoms with Gasteiger partial charge in [0.1, 0.15) is 11.9 Å². The van der Waals surface area contributed by atoms with Crippen LogP contribution in [0, 0.1) is 12.7 Å². The van der Waals surface area contributed by atoms with Crippen LogP contribution in [-0.2, 0) is 10.0 Å². The fraction of sp³-hybridized carbons (Fsp3) is 0.0909. The molecular weight excluding hydrogens is 377 g/mol. The summed E-state index contributed by atoms with van der Waals surface area (Å²) < 4.78 is 41.2. The van der Waals surface area contributed by atoms with Gasteiger partial charge in [0.15, 0.2) is 0 Å². The molecular formula is C22H18FNO3S. The number of sulfonamides is 1. The van der Waals surface area contributed by atoms with E-state index >= 15 is 0 Å². The van der Waals surface area contributed by atoms with Crippen LogP contribution in [0.3, 0.4) is 0 Å². The van der Waals surface area contributed by atoms with E-state index < -0.39 is 16.1 Å². The number of nitrogens with zero attached hydrogens (tertiary/aromatic N) is 1. The lowest BCUT2D eigenvalue weighted by Gasteiger charge is -2.22. The second kappa shape index (κ2) is 6.89. The van der Waals surface area contributed by atoms with Crippen LogP contribution in [0.25, 0.3) is 6.08 Å². The highest BCUT2D eigenvalue weighted by molar-refractivity contribution is 7.93. The van der Waals surface area contributed by atoms with Crippen molar-refractivity contribution < 1.29 is 17.9 Å². The van der Waals surface area contributed by atoms with Gasteiger partial charge in [0.05, 0.1) is 16.3 Å². The maximum atomic E-state index is 13.4. The van der Waals surface area contributed by atoms with Gasteiger partial charge in [-0.3, -0.25) is 0 Å². The first-order valence-corrected chi connectivity index (χ1v) is 10.2. The van der Waals surface area contributed by atoms with Gasteiger partial charge >= 0.3 is 0 Å². The van der Waals surface area contributed by atoms with E-state index in [4.69, 9.17) is 0 Å². The third-order valence-corrected chi connectivity index (χ3v) is 6.46. The molecule has 1 heterocycles. The molecule has 1 aliphatic heterocycles. The van der Waals surface area contributed by atoms with Crippen molar-refractivity contribution in [3.63, 3.8) is 0 Å². The molecule has 0 saturated carbocycles. The fourth-order valence-electron chi connectivity index (χ4n) is 3.26. The summed E-state index contributed by atoms with van der Waals surface area (Å²) >= 11 is 0. The largest absolute Gasteiger partial charge is 0.382 e. The summed E-state index contributed by atoms with van der Waals surface area (Å²) in [6.07, 6.45) is 0.456. The molecule has 1 aliphatic rings. The number of hydrogen-bond donors (Lipinski definition) is 1. The molecule has 0 spiro atoms. The van der Waals surface area contributed by atoms with Crippen LogP contribution in [0.5, 0.6) is 0 Å². The van der Waals surface area contributed by atoms with Gasteiger partial charge in [-0.05, 0) is 48.9 Å². The van der Waals surface area contributed by atoms with Crippen LogP contribution in [0.4, 0.5) is 10.1 Å². The van der Waals surface area contributed by atoms with E-state index in [2.05, 4.69) is 0 Å². The number of fused-ring (bicyclic) bond motifs is 1. The zero-order valence-corrected chi connectivity index (χ0v) is 15.9. The van der Waals surface area contributed by atoms with E-state index in [1.54, 1.807) is 54.6 Å². The Morgan fingerprint density at radius 3 is 2.29 bits per heavy atom. The van der Waals surface area contributed by atoms with Crippen molar-refractivity contribution in [2.24, 2.45) is 0 Å². The van der Waals surface area contributed by atoms with Crippen LogP contribution >= 0.6 is 0 Å². The monoisotopic (exact) mass is 395 g/mol. The van der Waals surface area contributed by atoms with Gasteiger partial charge < -0.3 is 5.11 Å². The molecule has 0 fully saturated rings. The number of aliphatic hydroxyl groups is 1. The minimum atomic E-state index is -3.95. The Labute approximate surface area is 163 Å². The van der Waals surface area contributed by atoms with Crippen molar-refractivity contribution in [1.82, 2.24) is 0 Å². The first-order valence-electron chi connectivity index (χ1n) is 8.74. The Hall–Kier alpha value is -2.96. The van der Waals surface area contributed by atoms with Crippen LogP contribution in [0.1, 0.15) is 22.8 Å². The maximum Gasteiger partial charge on any atom is 0.268 e. The molecule has 0 amide bonds. The highest BCUT2D eigenvalue weighted by Gasteiger charge is 2.40. The van der Waals surface area contributed by atoms with Crippen molar-refractivity contribution >= 4 is 21.8 Å². The number of aryl methyl sites for hydroxylation is 1. The summed E-state index contributed by atoms with van der Waals surface area (Å²) in [4.78, 5) is 0.131. The van der Waals surface area contributed by atoms with E-state index in [1.807, 2.05) is 6.92 Å². The second-order valence-corrected chi connectivity index (χ2v) is 8.45. The summed E-state index contributed by atoms with van der Waals surface area (Å²) in [5.41, 5.74) is 2.65. The van der Waals surface area contributed by atoms with Crippen LogP contribution in [0.15, 0.2) is 83.4 Å². The molecule has 1 unspecified atom stereocenters. The number of halogens is 1. The van der Waals surface area contributed by atoms with Crippen LogP contribution in [-0.4, -0.2) is 13.5 Å². The molecule has 6 heteroatoms. The van der Waals surface area contributed by atoms with Crippen molar-refractivity contribution in [2.45, 2.75) is 17.9 Å². The Morgan fingerprint density at radius 2 is 1.61 bits per heavy atom. The first-order chi connectivity index (χ1) is 13.4. The highest BCUT2D eigenvalue weighted by Crippen LogP contribution is 2.45. The number of benzene rings is 3. The van der Waals surface area contributed by atoms with Gasteiger partial charge in [0.25, 0.3) is 10.0 Å². The van der Waals surface area contributed by atoms with E-state index in [0.717, 1.165) is 5.56 Å². The predicted molar refractivity (Wildman–Crippen MR) is 107 cm³/mol. The first kappa shape index (κ1) is 18.4. The summed E-state index contributed by atoms with van der Waals surface area (Å²) in [5, 5.41) is 10.8. The summed E-state index contributed by atoms with van der Waals surface area (Å²) in [7, 11) is -3.95. The van der Waals surface area contributed by atoms with E-state index in [0.29, 0.717) is 16.8 Å². The zero-order chi connectivity index (χ0) is 19.9. The molecule has 3 aromatic rings. The maximum absolute atomic E-state index is 13.4. The third-order valence-electron chi connectivity index (χ3n) is 4.71. The van der Waals surface area contributed by atoms with Gasteiger partial charge in [-0.1, -0.05) is 48.0 Å². The lowest BCUT2D eigenvalue weighted by atomic mass is 10.1. The Morgan fingerprint density at radius 1 is 0.964 bits per heavy atom. The molecule has 142 valence electrons. The average molecular weight is 395 g/mol. The van der Waals surface area contributed by atoms with Crippen molar-refractivity contribution in [3.05, 3.63) is 101 Å². The van der Waals surface area contributed by atoms with Crippen molar-refractivity contribution in [2.75, 3.05) is 4.31 Å². The van der Waals surface area contributed by atoms with Crippen molar-refractivity contribution in [3.8, 4) is 0 Å². The molecule has 1 atom stereocenters. The van der Waals surface area contributed by atoms with Crippen LogP contribution < -0.4 is 4.31 Å². The van der Waals surface area contributed by atoms with Gasteiger partial charge in [0, 0.05) is 5.56 Å². The third kappa shape index (κ3) is 3.10. The standard InChI is InChI=1S/C22H18FNO3S/c1-15-6-12-18(13-7-15)28(26,27)24-20-5-3-2-4-19(20)22(25)21(24)14-16-8-10-17(23)11-9-16/h2-14,22,25H,1H3/b21-14+. The van der Waals surface area contributed by atoms with Gasteiger partial charge in [-0.25, -0.2) is 17.1 Å². The van der Waals surface area contributed by atoms with Gasteiger partial charge in [-0.2, -0.15) is 0 Å². The normalized spacial score (nSPS) is 17.8. The molecule has 4 rings (SSSR count). The molecule has 0 saturated heterocycles. The Balaban J connectivity index is 1.90. The van der Waals surface area contributed by atoms with E-state index in [9.17, 15) is 17.9 Å². The fourth-order valence-corrected chi connectivity index (χ4v) is 4.81. The number of hydrogen-bond acceptors (Lipinski definition) is 3. The molecule has 4 nitrogen and oxygen atoms in total.